The van der Waals surface area contributed by atoms with Crippen molar-refractivity contribution in [3.8, 4) is 16.9 Å². The van der Waals surface area contributed by atoms with Gasteiger partial charge in [-0.1, -0.05) is 72.8 Å². The molecule has 4 aromatic rings. The molecule has 0 saturated carbocycles. The molecule has 0 aliphatic carbocycles. The molecule has 9 nitrogen and oxygen atoms in total. The van der Waals surface area contributed by atoms with Gasteiger partial charge in [-0.2, -0.15) is 0 Å². The highest BCUT2D eigenvalue weighted by Crippen LogP contribution is 2.44. The molecule has 1 aliphatic heterocycles. The van der Waals surface area contributed by atoms with Crippen LogP contribution in [-0.2, 0) is 25.6 Å². The van der Waals surface area contributed by atoms with Gasteiger partial charge in [0.25, 0.3) is 5.91 Å². The highest BCUT2D eigenvalue weighted by atomic mass is 19.1. The van der Waals surface area contributed by atoms with E-state index in [2.05, 4.69) is 10.9 Å². The number of nitrogens with zero attached hydrogens (tertiary/aromatic N) is 1. The summed E-state index contributed by atoms with van der Waals surface area (Å²) in [5.74, 6) is -0.620. The molecule has 0 radical (unpaired) electrons. The lowest BCUT2D eigenvalue weighted by Gasteiger charge is -2.31. The second kappa shape index (κ2) is 15.9. The van der Waals surface area contributed by atoms with E-state index in [1.807, 2.05) is 54.6 Å². The van der Waals surface area contributed by atoms with Gasteiger partial charge in [-0.3, -0.25) is 15.0 Å². The van der Waals surface area contributed by atoms with Gasteiger partial charge in [0.05, 0.1) is 6.61 Å². The zero-order valence-electron chi connectivity index (χ0n) is 27.9. The molecule has 3 N–H and O–H groups in total. The number of aliphatic hydroxyl groups excluding tert-OH is 1. The molecule has 0 spiro atoms. The second-order valence-corrected chi connectivity index (χ2v) is 12.8. The number of amides is 1. The summed E-state index contributed by atoms with van der Waals surface area (Å²) in [5, 5.41) is 9.08. The number of aliphatic hydroxyl groups is 1. The summed E-state index contributed by atoms with van der Waals surface area (Å²) in [6.07, 6.45) is -0.575. The first-order valence-corrected chi connectivity index (χ1v) is 16.3. The van der Waals surface area contributed by atoms with Crippen LogP contribution in [0.3, 0.4) is 0 Å². The van der Waals surface area contributed by atoms with Crippen molar-refractivity contribution in [2.45, 2.75) is 63.8 Å². The Morgan fingerprint density at radius 3 is 2.22 bits per heavy atom. The molecule has 5 rings (SSSR count). The fraction of sp³-hybridized carbons (Fsp3) is 0.308. The lowest BCUT2D eigenvalue weighted by atomic mass is 9.83. The molecule has 1 heterocycles. The Kier molecular flexibility index (Phi) is 11.4. The van der Waals surface area contributed by atoms with Crippen LogP contribution in [0.5, 0.6) is 5.75 Å². The number of hydrazine groups is 1. The summed E-state index contributed by atoms with van der Waals surface area (Å²) in [7, 11) is 0. The molecular formula is C39H42FN3O6. The van der Waals surface area contributed by atoms with Gasteiger partial charge in [-0.15, -0.1) is 0 Å². The topological polar surface area (TPSA) is 118 Å². The Bertz CT molecular complexity index is 1740. The molecule has 10 heteroatoms. The van der Waals surface area contributed by atoms with Crippen LogP contribution in [0, 0.1) is 5.82 Å². The summed E-state index contributed by atoms with van der Waals surface area (Å²) in [6.45, 7) is 5.75. The molecule has 0 aromatic heterocycles. The minimum atomic E-state index is -1.61. The van der Waals surface area contributed by atoms with Crippen molar-refractivity contribution in [3.63, 3.8) is 0 Å². The Morgan fingerprint density at radius 2 is 1.55 bits per heavy atom. The Balaban J connectivity index is 1.50. The van der Waals surface area contributed by atoms with Crippen LogP contribution in [0.15, 0.2) is 108 Å². The molecule has 0 saturated heterocycles. The van der Waals surface area contributed by atoms with Crippen LogP contribution in [0.25, 0.3) is 11.1 Å². The van der Waals surface area contributed by atoms with Gasteiger partial charge in [0.2, 0.25) is 5.90 Å². The van der Waals surface area contributed by atoms with Gasteiger partial charge < -0.3 is 19.3 Å². The lowest BCUT2D eigenvalue weighted by Crippen LogP contribution is -2.52. The van der Waals surface area contributed by atoms with Crippen molar-refractivity contribution in [1.82, 2.24) is 10.9 Å². The highest BCUT2D eigenvalue weighted by Gasteiger charge is 2.53. The van der Waals surface area contributed by atoms with Crippen molar-refractivity contribution >= 4 is 17.8 Å². The number of carbonyl (C=O) groups is 2. The molecule has 0 fully saturated rings. The highest BCUT2D eigenvalue weighted by molar-refractivity contribution is 6.01. The fourth-order valence-corrected chi connectivity index (χ4v) is 5.51. The zero-order chi connectivity index (χ0) is 34.9. The van der Waals surface area contributed by atoms with Crippen molar-refractivity contribution in [1.29, 1.82) is 0 Å². The van der Waals surface area contributed by atoms with E-state index in [9.17, 15) is 14.0 Å². The normalized spacial score (nSPS) is 17.2. The maximum absolute atomic E-state index is 14.4. The van der Waals surface area contributed by atoms with Crippen LogP contribution < -0.4 is 15.6 Å². The third-order valence-corrected chi connectivity index (χ3v) is 7.92. The van der Waals surface area contributed by atoms with Crippen LogP contribution >= 0.6 is 0 Å². The quantitative estimate of drug-likeness (QED) is 0.0804. The van der Waals surface area contributed by atoms with Gasteiger partial charge in [0.1, 0.15) is 17.2 Å². The van der Waals surface area contributed by atoms with E-state index in [0.29, 0.717) is 35.5 Å². The number of hydrogen-bond acceptors (Lipinski definition) is 8. The third kappa shape index (κ3) is 9.10. The van der Waals surface area contributed by atoms with Crippen LogP contribution in [-0.4, -0.2) is 47.2 Å². The first kappa shape index (κ1) is 35.3. The molecular weight excluding hydrogens is 625 g/mol. The predicted octanol–water partition coefficient (Wildman–Crippen LogP) is 6.45. The minimum Gasteiger partial charge on any atom is -0.494 e. The first-order valence-electron chi connectivity index (χ1n) is 16.3. The minimum absolute atomic E-state index is 0.0200. The van der Waals surface area contributed by atoms with E-state index in [1.165, 1.54) is 6.07 Å². The Morgan fingerprint density at radius 1 is 0.898 bits per heavy atom. The van der Waals surface area contributed by atoms with E-state index in [4.69, 9.17) is 24.3 Å². The SMILES string of the molecule is CC(C)(C)OC(=O)CC[C@]1(C(=O)NNCc2ccccc2F)N=C(c2ccc(OCCCO)cc2)O[C@H]1c1ccc(-c2ccccc2)cc1. The average molecular weight is 668 g/mol. The summed E-state index contributed by atoms with van der Waals surface area (Å²) in [6, 6.07) is 31.0. The van der Waals surface area contributed by atoms with Gasteiger partial charge in [0.15, 0.2) is 11.6 Å². The van der Waals surface area contributed by atoms with E-state index >= 15 is 0 Å². The zero-order valence-corrected chi connectivity index (χ0v) is 27.9. The molecule has 4 aromatic carbocycles. The molecule has 2 atom stereocenters. The number of esters is 1. The number of hydrogen-bond donors (Lipinski definition) is 3. The number of nitrogens with one attached hydrogen (secondary N) is 2. The average Bonchev–Trinajstić information content (AvgIpc) is 3.49. The largest absolute Gasteiger partial charge is 0.494 e. The van der Waals surface area contributed by atoms with Gasteiger partial charge in [0, 0.05) is 37.1 Å². The van der Waals surface area contributed by atoms with Crippen molar-refractivity contribution in [3.05, 3.63) is 126 Å². The van der Waals surface area contributed by atoms with Gasteiger partial charge >= 0.3 is 5.97 Å². The second-order valence-electron chi connectivity index (χ2n) is 12.8. The predicted molar refractivity (Wildman–Crippen MR) is 185 cm³/mol. The molecule has 0 bridgehead atoms. The first-order chi connectivity index (χ1) is 23.6. The van der Waals surface area contributed by atoms with Gasteiger partial charge in [-0.05, 0) is 74.2 Å². The molecule has 1 aliphatic rings. The third-order valence-electron chi connectivity index (χ3n) is 7.92. The Labute approximate surface area is 286 Å². The summed E-state index contributed by atoms with van der Waals surface area (Å²) in [5.41, 5.74) is 6.90. The maximum atomic E-state index is 14.4. The van der Waals surface area contributed by atoms with E-state index in [0.717, 1.165) is 11.1 Å². The summed E-state index contributed by atoms with van der Waals surface area (Å²) < 4.78 is 32.2. The smallest absolute Gasteiger partial charge is 0.306 e. The van der Waals surface area contributed by atoms with Crippen molar-refractivity contribution in [2.24, 2.45) is 4.99 Å². The van der Waals surface area contributed by atoms with E-state index < -0.39 is 34.9 Å². The molecule has 0 unspecified atom stereocenters. The summed E-state index contributed by atoms with van der Waals surface area (Å²) in [4.78, 5) is 32.3. The van der Waals surface area contributed by atoms with Crippen molar-refractivity contribution in [2.75, 3.05) is 13.2 Å². The van der Waals surface area contributed by atoms with Crippen molar-refractivity contribution < 1.29 is 33.3 Å². The number of carbonyl (C=O) groups excluding carboxylic acids is 2. The van der Waals surface area contributed by atoms with E-state index in [1.54, 1.807) is 63.2 Å². The summed E-state index contributed by atoms with van der Waals surface area (Å²) >= 11 is 0. The lowest BCUT2D eigenvalue weighted by molar-refractivity contribution is -0.155. The molecule has 1 amide bonds. The number of halogens is 1. The number of rotatable bonds is 14. The number of benzene rings is 4. The standard InChI is InChI=1S/C39H42FN3O6/c1-38(2,3)49-34(45)22-23-39(37(46)43-41-26-31-12-7-8-13-33(31)40)35(29-16-14-28(15-17-29)27-10-5-4-6-11-27)48-36(42-39)30-18-20-32(21-19-30)47-25-9-24-44/h4-8,10-21,35,41,44H,9,22-26H2,1-3H3,(H,43,46)/t35-,39-/m0/s1. The van der Waals surface area contributed by atoms with Crippen LogP contribution in [0.1, 0.15) is 62.8 Å². The molecule has 49 heavy (non-hydrogen) atoms. The Hall–Kier alpha value is -5.06. The van der Waals surface area contributed by atoms with E-state index in [-0.39, 0.29) is 31.9 Å². The van der Waals surface area contributed by atoms with Crippen LogP contribution in [0.2, 0.25) is 0 Å². The maximum Gasteiger partial charge on any atom is 0.306 e. The number of ether oxygens (including phenoxy) is 3. The monoisotopic (exact) mass is 667 g/mol. The number of aliphatic imine (C=N–C) groups is 1. The van der Waals surface area contributed by atoms with Crippen LogP contribution in [0.4, 0.5) is 4.39 Å². The van der Waals surface area contributed by atoms with Gasteiger partial charge in [-0.25, -0.2) is 14.8 Å². The molecule has 256 valence electrons. The fourth-order valence-electron chi connectivity index (χ4n) is 5.51.